The summed E-state index contributed by atoms with van der Waals surface area (Å²) < 4.78 is 7.50. The minimum Gasteiger partial charge on any atom is -0.537 e. The Bertz CT molecular complexity index is 1550. The van der Waals surface area contributed by atoms with Gasteiger partial charge in [0.05, 0.1) is 28.1 Å². The maximum absolute atomic E-state index is 9.11. The molecular weight excluding hydrogens is 419 g/mol. The number of benzene rings is 4. The second kappa shape index (κ2) is 8.54. The van der Waals surface area contributed by atoms with Crippen molar-refractivity contribution in [2.24, 2.45) is 0 Å². The molecule has 4 aromatic carbocycles. The molecule has 0 amide bonds. The van der Waals surface area contributed by atoms with E-state index in [2.05, 4.69) is 53.1 Å². The van der Waals surface area contributed by atoms with Gasteiger partial charge in [-0.3, -0.25) is 0 Å². The molecule has 0 aliphatic rings. The fourth-order valence-electron chi connectivity index (χ4n) is 4.52. The summed E-state index contributed by atoms with van der Waals surface area (Å²) in [6, 6.07) is 38.9. The summed E-state index contributed by atoms with van der Waals surface area (Å²) in [6.07, 6.45) is 0. The quantitative estimate of drug-likeness (QED) is 0.316. The van der Waals surface area contributed by atoms with Gasteiger partial charge in [0.1, 0.15) is 5.75 Å². The van der Waals surface area contributed by atoms with Crippen molar-refractivity contribution in [3.05, 3.63) is 115 Å². The summed E-state index contributed by atoms with van der Waals surface area (Å²) in [5, 5.41) is 11.3. The largest absolute Gasteiger partial charge is 0.569 e. The molecule has 161 valence electrons. The Balaban J connectivity index is 1.66. The van der Waals surface area contributed by atoms with Crippen molar-refractivity contribution in [3.63, 3.8) is 0 Å². The molecular formula is C29H20BN2O2. The number of para-hydroxylation sites is 1. The fourth-order valence-corrected chi connectivity index (χ4v) is 4.52. The van der Waals surface area contributed by atoms with Gasteiger partial charge in [0, 0.05) is 21.9 Å². The van der Waals surface area contributed by atoms with E-state index in [1.807, 2.05) is 66.7 Å². The molecule has 4 nitrogen and oxygen atoms in total. The van der Waals surface area contributed by atoms with Crippen molar-refractivity contribution in [3.8, 4) is 34.0 Å². The van der Waals surface area contributed by atoms with Crippen LogP contribution in [0.15, 0.2) is 115 Å². The number of hydrogen-bond acceptors (Lipinski definition) is 3. The van der Waals surface area contributed by atoms with Crippen LogP contribution in [-0.4, -0.2) is 22.3 Å². The molecule has 5 heteroatoms. The number of rotatable bonds is 5. The Kier molecular flexibility index (Phi) is 5.09. The second-order valence-corrected chi connectivity index (χ2v) is 8.08. The Hall–Kier alpha value is -4.35. The van der Waals surface area contributed by atoms with E-state index in [9.17, 15) is 0 Å². The maximum atomic E-state index is 9.11. The number of pyridine rings is 1. The van der Waals surface area contributed by atoms with E-state index < -0.39 is 0 Å². The van der Waals surface area contributed by atoms with Crippen molar-refractivity contribution in [2.45, 2.75) is 0 Å². The van der Waals surface area contributed by atoms with Crippen molar-refractivity contribution in [2.75, 3.05) is 0 Å². The van der Waals surface area contributed by atoms with Gasteiger partial charge in [0.2, 0.25) is 0 Å². The summed E-state index contributed by atoms with van der Waals surface area (Å²) in [5.41, 5.74) is 7.13. The van der Waals surface area contributed by atoms with E-state index in [0.717, 1.165) is 50.0 Å². The van der Waals surface area contributed by atoms with E-state index in [4.69, 9.17) is 14.7 Å². The van der Waals surface area contributed by atoms with E-state index in [-0.39, 0.29) is 0 Å². The van der Waals surface area contributed by atoms with Crippen LogP contribution >= 0.6 is 0 Å². The Labute approximate surface area is 198 Å². The van der Waals surface area contributed by atoms with Crippen molar-refractivity contribution in [1.29, 1.82) is 0 Å². The average molecular weight is 439 g/mol. The molecule has 6 rings (SSSR count). The highest BCUT2D eigenvalue weighted by atomic mass is 16.5. The minimum absolute atomic E-state index is 0.586. The molecule has 6 aromatic rings. The third kappa shape index (κ3) is 3.53. The van der Waals surface area contributed by atoms with Crippen LogP contribution in [0.3, 0.4) is 0 Å². The molecule has 0 saturated heterocycles. The Morgan fingerprint density at radius 3 is 1.85 bits per heavy atom. The van der Waals surface area contributed by atoms with E-state index in [1.165, 1.54) is 0 Å². The van der Waals surface area contributed by atoms with Crippen LogP contribution in [0.1, 0.15) is 0 Å². The lowest BCUT2D eigenvalue weighted by atomic mass is 10.1. The van der Waals surface area contributed by atoms with Gasteiger partial charge in [-0.1, -0.05) is 78.9 Å². The van der Waals surface area contributed by atoms with Crippen molar-refractivity contribution >= 4 is 29.5 Å². The van der Waals surface area contributed by atoms with Gasteiger partial charge in [-0.25, -0.2) is 4.98 Å². The number of nitrogens with zero attached hydrogens (tertiary/aromatic N) is 2. The zero-order valence-electron chi connectivity index (χ0n) is 18.3. The van der Waals surface area contributed by atoms with Crippen LogP contribution in [0.4, 0.5) is 0 Å². The summed E-state index contributed by atoms with van der Waals surface area (Å²) in [4.78, 5) is 5.02. The number of aromatic nitrogens is 2. The molecule has 0 atom stereocenters. The molecule has 1 N–H and O–H groups in total. The first kappa shape index (κ1) is 20.3. The van der Waals surface area contributed by atoms with Crippen LogP contribution in [0.5, 0.6) is 5.75 Å². The fraction of sp³-hybridized carbons (Fsp3) is 0. The van der Waals surface area contributed by atoms with Crippen molar-refractivity contribution < 1.29 is 9.68 Å². The highest BCUT2D eigenvalue weighted by Gasteiger charge is 2.15. The summed E-state index contributed by atoms with van der Waals surface area (Å²) in [7, 11) is 0.710. The average Bonchev–Trinajstić information content (AvgIpc) is 3.23. The summed E-state index contributed by atoms with van der Waals surface area (Å²) in [6.45, 7) is 0. The van der Waals surface area contributed by atoms with Gasteiger partial charge in [-0.15, -0.1) is 0 Å². The Morgan fingerprint density at radius 1 is 0.618 bits per heavy atom. The van der Waals surface area contributed by atoms with E-state index >= 15 is 0 Å². The highest BCUT2D eigenvalue weighted by Crippen LogP contribution is 2.36. The molecule has 34 heavy (non-hydrogen) atoms. The molecule has 2 aromatic heterocycles. The van der Waals surface area contributed by atoms with Gasteiger partial charge in [-0.2, -0.15) is 0 Å². The normalized spacial score (nSPS) is 11.1. The monoisotopic (exact) mass is 439 g/mol. The maximum Gasteiger partial charge on any atom is 0.569 e. The molecule has 0 aliphatic heterocycles. The smallest absolute Gasteiger partial charge is 0.537 e. The zero-order valence-corrected chi connectivity index (χ0v) is 18.3. The van der Waals surface area contributed by atoms with Gasteiger partial charge < -0.3 is 14.2 Å². The number of fused-ring (bicyclic) bond motifs is 3. The molecule has 0 unspecified atom stereocenters. The second-order valence-electron chi connectivity index (χ2n) is 8.08. The predicted octanol–water partition coefficient (Wildman–Crippen LogP) is 6.42. The number of hydrogen-bond donors (Lipinski definition) is 1. The lowest BCUT2D eigenvalue weighted by Gasteiger charge is -2.13. The highest BCUT2D eigenvalue weighted by molar-refractivity contribution is 6.17. The molecule has 0 saturated carbocycles. The SMILES string of the molecule is O[B]Oc1ccc2c(c1)c1ccccc1n2-c1cc(-c2ccccc2)nc(-c2ccccc2)c1. The van der Waals surface area contributed by atoms with Gasteiger partial charge in [0.15, 0.2) is 0 Å². The van der Waals surface area contributed by atoms with E-state index in [1.54, 1.807) is 0 Å². The lowest BCUT2D eigenvalue weighted by molar-refractivity contribution is 0.454. The van der Waals surface area contributed by atoms with Crippen molar-refractivity contribution in [1.82, 2.24) is 9.55 Å². The first-order chi connectivity index (χ1) is 16.8. The first-order valence-corrected chi connectivity index (χ1v) is 11.1. The molecule has 1 radical (unpaired) electrons. The standard InChI is InChI=1S/C29H20BN2O2/c33-30-34-23-15-16-29-25(19-23)24-13-7-8-14-28(24)32(29)22-17-26(20-9-3-1-4-10-20)31-27(18-22)21-11-5-2-6-12-21/h1-19,33H. The van der Waals surface area contributed by atoms with Gasteiger partial charge in [-0.05, 0) is 36.4 Å². The zero-order chi connectivity index (χ0) is 22.9. The third-order valence-corrected chi connectivity index (χ3v) is 6.04. The molecule has 0 spiro atoms. The summed E-state index contributed by atoms with van der Waals surface area (Å²) in [5.74, 6) is 0.586. The van der Waals surface area contributed by atoms with E-state index in [0.29, 0.717) is 13.4 Å². The van der Waals surface area contributed by atoms with Gasteiger partial charge in [0.25, 0.3) is 0 Å². The third-order valence-electron chi connectivity index (χ3n) is 6.04. The molecule has 2 heterocycles. The van der Waals surface area contributed by atoms with Crippen LogP contribution in [0.25, 0.3) is 50.0 Å². The van der Waals surface area contributed by atoms with Crippen LogP contribution in [-0.2, 0) is 0 Å². The topological polar surface area (TPSA) is 47.3 Å². The lowest BCUT2D eigenvalue weighted by Crippen LogP contribution is -2.00. The minimum atomic E-state index is 0.586. The van der Waals surface area contributed by atoms with Crippen LogP contribution < -0.4 is 4.65 Å². The Morgan fingerprint density at radius 2 is 1.21 bits per heavy atom. The van der Waals surface area contributed by atoms with Gasteiger partial charge >= 0.3 is 7.69 Å². The molecule has 0 bridgehead atoms. The van der Waals surface area contributed by atoms with Crippen LogP contribution in [0.2, 0.25) is 0 Å². The molecule has 0 aliphatic carbocycles. The summed E-state index contributed by atoms with van der Waals surface area (Å²) >= 11 is 0. The van der Waals surface area contributed by atoms with Crippen LogP contribution in [0, 0.1) is 0 Å². The first-order valence-electron chi connectivity index (χ1n) is 11.1. The molecule has 0 fully saturated rings. The predicted molar refractivity (Wildman–Crippen MR) is 138 cm³/mol.